The molecule has 0 bridgehead atoms. The van der Waals surface area contributed by atoms with E-state index in [9.17, 15) is 18.0 Å². The molecule has 74 valence electrons. The molecule has 2 aromatic rings. The SMILES string of the molecule is O=c1cc(C(F)(F)F)n2ncsc2n1. The van der Waals surface area contributed by atoms with Crippen molar-refractivity contribution in [3.63, 3.8) is 0 Å². The van der Waals surface area contributed by atoms with Crippen molar-refractivity contribution in [1.82, 2.24) is 14.6 Å². The average molecular weight is 221 g/mol. The number of nitrogens with zero attached hydrogens (tertiary/aromatic N) is 3. The first kappa shape index (κ1) is 9.13. The van der Waals surface area contributed by atoms with E-state index >= 15 is 0 Å². The first-order valence-corrected chi connectivity index (χ1v) is 4.27. The lowest BCUT2D eigenvalue weighted by Crippen LogP contribution is -2.18. The van der Waals surface area contributed by atoms with Gasteiger partial charge in [-0.3, -0.25) is 4.79 Å². The Labute approximate surface area is 78.6 Å². The number of aromatic nitrogens is 3. The van der Waals surface area contributed by atoms with Gasteiger partial charge in [0, 0.05) is 6.07 Å². The van der Waals surface area contributed by atoms with Crippen molar-refractivity contribution in [1.29, 1.82) is 0 Å². The number of fused-ring (bicyclic) bond motifs is 1. The van der Waals surface area contributed by atoms with Crippen LogP contribution < -0.4 is 5.56 Å². The van der Waals surface area contributed by atoms with E-state index in [2.05, 4.69) is 10.1 Å². The van der Waals surface area contributed by atoms with Gasteiger partial charge >= 0.3 is 6.18 Å². The van der Waals surface area contributed by atoms with Crippen molar-refractivity contribution in [3.05, 3.63) is 27.6 Å². The van der Waals surface area contributed by atoms with Crippen molar-refractivity contribution >= 4 is 16.3 Å². The van der Waals surface area contributed by atoms with Gasteiger partial charge < -0.3 is 0 Å². The van der Waals surface area contributed by atoms with Crippen LogP contribution in [-0.2, 0) is 6.18 Å². The number of hydrogen-bond acceptors (Lipinski definition) is 4. The summed E-state index contributed by atoms with van der Waals surface area (Å²) in [5.41, 5.74) is -0.827. The normalized spacial score (nSPS) is 12.2. The summed E-state index contributed by atoms with van der Waals surface area (Å²) in [7, 11) is 0. The topological polar surface area (TPSA) is 47.3 Å². The molecule has 2 heterocycles. The molecule has 0 saturated heterocycles. The summed E-state index contributed by atoms with van der Waals surface area (Å²) in [6.45, 7) is 0. The number of alkyl halides is 3. The average Bonchev–Trinajstić information content (AvgIpc) is 2.47. The molecule has 0 fully saturated rings. The molecule has 0 saturated carbocycles. The first-order valence-electron chi connectivity index (χ1n) is 3.39. The van der Waals surface area contributed by atoms with Gasteiger partial charge in [-0.2, -0.15) is 23.3 Å². The minimum Gasteiger partial charge on any atom is -0.267 e. The summed E-state index contributed by atoms with van der Waals surface area (Å²) in [5.74, 6) is 0. The molecule has 2 rings (SSSR count). The van der Waals surface area contributed by atoms with Crippen LogP contribution in [0, 0.1) is 0 Å². The Morgan fingerprint density at radius 2 is 2.14 bits per heavy atom. The highest BCUT2D eigenvalue weighted by Crippen LogP contribution is 2.28. The fourth-order valence-corrected chi connectivity index (χ4v) is 1.59. The van der Waals surface area contributed by atoms with Crippen molar-refractivity contribution in [3.8, 4) is 0 Å². The predicted molar refractivity (Wildman–Crippen MR) is 42.1 cm³/mol. The second kappa shape index (κ2) is 2.77. The highest BCUT2D eigenvalue weighted by Gasteiger charge is 2.34. The van der Waals surface area contributed by atoms with Crippen LogP contribution in [0.1, 0.15) is 5.69 Å². The van der Waals surface area contributed by atoms with Gasteiger partial charge in [0.2, 0.25) is 4.96 Å². The Kier molecular flexibility index (Phi) is 1.81. The Balaban J connectivity index is 2.87. The molecule has 2 aromatic heterocycles. The quantitative estimate of drug-likeness (QED) is 0.670. The van der Waals surface area contributed by atoms with Gasteiger partial charge in [-0.25, -0.2) is 4.52 Å². The molecule has 0 N–H and O–H groups in total. The molecule has 4 nitrogen and oxygen atoms in total. The maximum Gasteiger partial charge on any atom is 0.433 e. The van der Waals surface area contributed by atoms with Crippen LogP contribution in [-0.4, -0.2) is 14.6 Å². The van der Waals surface area contributed by atoms with Crippen molar-refractivity contribution < 1.29 is 13.2 Å². The molecule has 0 aliphatic heterocycles. The van der Waals surface area contributed by atoms with E-state index in [-0.39, 0.29) is 4.96 Å². The standard InChI is InChI=1S/C6H2F3N3OS/c7-6(8,9)3-1-4(13)11-5-12(3)10-2-14-5/h1-2H. The van der Waals surface area contributed by atoms with Crippen molar-refractivity contribution in [2.24, 2.45) is 0 Å². The van der Waals surface area contributed by atoms with Crippen molar-refractivity contribution in [2.45, 2.75) is 6.18 Å². The molecule has 0 aliphatic carbocycles. The Bertz CT molecular complexity index is 529. The fraction of sp³-hybridized carbons (Fsp3) is 0.167. The zero-order valence-corrected chi connectivity index (χ0v) is 7.26. The lowest BCUT2D eigenvalue weighted by molar-refractivity contribution is -0.142. The molecule has 0 spiro atoms. The van der Waals surface area contributed by atoms with E-state index in [0.29, 0.717) is 10.6 Å². The first-order chi connectivity index (χ1) is 6.48. The number of halogens is 3. The predicted octanol–water partition coefficient (Wildman–Crippen LogP) is 1.17. The Morgan fingerprint density at radius 3 is 2.79 bits per heavy atom. The molecule has 0 radical (unpaired) electrons. The lowest BCUT2D eigenvalue weighted by atomic mass is 10.4. The third-order valence-electron chi connectivity index (χ3n) is 1.49. The third-order valence-corrected chi connectivity index (χ3v) is 2.16. The molecule has 8 heteroatoms. The zero-order valence-electron chi connectivity index (χ0n) is 6.45. The number of rotatable bonds is 0. The lowest BCUT2D eigenvalue weighted by Gasteiger charge is -2.06. The molecule has 0 aromatic carbocycles. The zero-order chi connectivity index (χ0) is 10.3. The minimum absolute atomic E-state index is 0.0650. The van der Waals surface area contributed by atoms with Gasteiger partial charge in [-0.05, 0) is 0 Å². The molecule has 0 unspecified atom stereocenters. The summed E-state index contributed by atoms with van der Waals surface area (Å²) >= 11 is 0.872. The fourth-order valence-electron chi connectivity index (χ4n) is 0.963. The summed E-state index contributed by atoms with van der Waals surface area (Å²) in [6.07, 6.45) is -4.60. The van der Waals surface area contributed by atoms with Crippen LogP contribution in [0.25, 0.3) is 4.96 Å². The Morgan fingerprint density at radius 1 is 1.43 bits per heavy atom. The van der Waals surface area contributed by atoms with Gasteiger partial charge in [0.1, 0.15) is 5.51 Å². The largest absolute Gasteiger partial charge is 0.433 e. The van der Waals surface area contributed by atoms with Gasteiger partial charge in [-0.15, -0.1) is 0 Å². The van der Waals surface area contributed by atoms with Gasteiger partial charge in [0.15, 0.2) is 5.69 Å². The van der Waals surface area contributed by atoms with Gasteiger partial charge in [-0.1, -0.05) is 11.3 Å². The van der Waals surface area contributed by atoms with E-state index in [1.165, 1.54) is 5.51 Å². The smallest absolute Gasteiger partial charge is 0.267 e. The van der Waals surface area contributed by atoms with Crippen LogP contribution in [0.5, 0.6) is 0 Å². The summed E-state index contributed by atoms with van der Waals surface area (Å²) in [5, 5.41) is 3.44. The second-order valence-electron chi connectivity index (χ2n) is 2.41. The van der Waals surface area contributed by atoms with E-state index in [4.69, 9.17) is 0 Å². The Hall–Kier alpha value is -1.44. The monoisotopic (exact) mass is 221 g/mol. The molecule has 0 atom stereocenters. The van der Waals surface area contributed by atoms with E-state index in [1.54, 1.807) is 0 Å². The van der Waals surface area contributed by atoms with Crippen LogP contribution >= 0.6 is 11.3 Å². The molecular weight excluding hydrogens is 219 g/mol. The molecule has 14 heavy (non-hydrogen) atoms. The highest BCUT2D eigenvalue weighted by molar-refractivity contribution is 7.14. The number of hydrogen-bond donors (Lipinski definition) is 0. The van der Waals surface area contributed by atoms with Crippen LogP contribution in [0.15, 0.2) is 16.4 Å². The van der Waals surface area contributed by atoms with Gasteiger partial charge in [0.25, 0.3) is 5.56 Å². The molecule has 0 amide bonds. The summed E-state index contributed by atoms with van der Waals surface area (Å²) in [6, 6.07) is 0.423. The molecule has 0 aliphatic rings. The van der Waals surface area contributed by atoms with Gasteiger partial charge in [0.05, 0.1) is 0 Å². The minimum atomic E-state index is -4.60. The molecular formula is C6H2F3N3OS. The van der Waals surface area contributed by atoms with Crippen LogP contribution in [0.2, 0.25) is 0 Å². The summed E-state index contributed by atoms with van der Waals surface area (Å²) < 4.78 is 37.7. The van der Waals surface area contributed by atoms with E-state index in [1.807, 2.05) is 0 Å². The highest BCUT2D eigenvalue weighted by atomic mass is 32.1. The van der Waals surface area contributed by atoms with Crippen molar-refractivity contribution in [2.75, 3.05) is 0 Å². The van der Waals surface area contributed by atoms with Crippen LogP contribution in [0.4, 0.5) is 13.2 Å². The maximum atomic E-state index is 12.4. The van der Waals surface area contributed by atoms with E-state index < -0.39 is 17.4 Å². The van der Waals surface area contributed by atoms with E-state index in [0.717, 1.165) is 11.3 Å². The second-order valence-corrected chi connectivity index (χ2v) is 3.22. The maximum absolute atomic E-state index is 12.4. The van der Waals surface area contributed by atoms with Crippen LogP contribution in [0.3, 0.4) is 0 Å². The third kappa shape index (κ3) is 1.37. The summed E-state index contributed by atoms with van der Waals surface area (Å²) in [4.78, 5) is 14.1.